The highest BCUT2D eigenvalue weighted by Crippen LogP contribution is 1.95. The van der Waals surface area contributed by atoms with Gasteiger partial charge < -0.3 is 10.6 Å². The standard InChI is InChI=1S/C9H15N2O2/c1-10-8(12)6-4-3-5-7-9(13)11-2/h7H,3-4,6H2,1-2H3,(H,10,12)(H,11,13). The maximum absolute atomic E-state index is 10.7. The number of carbonyl (C=O) groups excluding carboxylic acids is 2. The Hall–Kier alpha value is -1.32. The Labute approximate surface area is 78.4 Å². The van der Waals surface area contributed by atoms with Crippen LogP contribution >= 0.6 is 0 Å². The first-order valence-corrected chi connectivity index (χ1v) is 4.19. The van der Waals surface area contributed by atoms with Gasteiger partial charge in [0.2, 0.25) is 11.8 Å². The van der Waals surface area contributed by atoms with Crippen LogP contribution in [0.15, 0.2) is 6.08 Å². The summed E-state index contributed by atoms with van der Waals surface area (Å²) in [5.41, 5.74) is 0. The van der Waals surface area contributed by atoms with E-state index in [1.165, 1.54) is 6.08 Å². The van der Waals surface area contributed by atoms with Crippen molar-refractivity contribution in [1.29, 1.82) is 0 Å². The predicted molar refractivity (Wildman–Crippen MR) is 49.8 cm³/mol. The minimum Gasteiger partial charge on any atom is -0.359 e. The molecule has 4 heteroatoms. The first kappa shape index (κ1) is 11.7. The molecule has 73 valence electrons. The number of rotatable bonds is 5. The summed E-state index contributed by atoms with van der Waals surface area (Å²) in [5.74, 6) is -0.151. The van der Waals surface area contributed by atoms with E-state index in [0.29, 0.717) is 19.3 Å². The van der Waals surface area contributed by atoms with Gasteiger partial charge in [0.15, 0.2) is 0 Å². The van der Waals surface area contributed by atoms with Crippen LogP contribution in [-0.2, 0) is 9.59 Å². The van der Waals surface area contributed by atoms with Gasteiger partial charge in [-0.2, -0.15) is 0 Å². The number of likely N-dealkylation sites (N-methyl/N-ethyl adjacent to an activating group) is 1. The molecule has 0 aromatic carbocycles. The van der Waals surface area contributed by atoms with E-state index < -0.39 is 0 Å². The van der Waals surface area contributed by atoms with Crippen molar-refractivity contribution in [3.05, 3.63) is 12.2 Å². The monoisotopic (exact) mass is 183 g/mol. The molecular weight excluding hydrogens is 168 g/mol. The zero-order valence-electron chi connectivity index (χ0n) is 8.02. The first-order chi connectivity index (χ1) is 6.20. The van der Waals surface area contributed by atoms with Crippen LogP contribution in [0.3, 0.4) is 0 Å². The van der Waals surface area contributed by atoms with E-state index in [0.717, 1.165) is 0 Å². The Morgan fingerprint density at radius 3 is 2.54 bits per heavy atom. The van der Waals surface area contributed by atoms with Gasteiger partial charge in [-0.25, -0.2) is 0 Å². The third-order valence-electron chi connectivity index (χ3n) is 1.48. The fourth-order valence-corrected chi connectivity index (χ4v) is 0.713. The van der Waals surface area contributed by atoms with E-state index in [-0.39, 0.29) is 11.8 Å². The van der Waals surface area contributed by atoms with Crippen LogP contribution in [0.2, 0.25) is 0 Å². The Kier molecular flexibility index (Phi) is 6.59. The third-order valence-corrected chi connectivity index (χ3v) is 1.48. The van der Waals surface area contributed by atoms with E-state index in [4.69, 9.17) is 0 Å². The summed E-state index contributed by atoms with van der Waals surface area (Å²) in [7, 11) is 3.16. The van der Waals surface area contributed by atoms with Crippen molar-refractivity contribution in [2.75, 3.05) is 14.1 Å². The molecule has 0 heterocycles. The number of amides is 2. The molecule has 0 saturated heterocycles. The number of hydrogen-bond donors (Lipinski definition) is 2. The molecule has 2 amide bonds. The Balaban J connectivity index is 3.40. The average molecular weight is 183 g/mol. The molecule has 0 aliphatic carbocycles. The SMILES string of the molecule is CNC(=O)/C=[C]/CCCC(=O)NC. The molecule has 1 radical (unpaired) electrons. The van der Waals surface area contributed by atoms with Crippen molar-refractivity contribution < 1.29 is 9.59 Å². The Morgan fingerprint density at radius 1 is 1.31 bits per heavy atom. The van der Waals surface area contributed by atoms with Gasteiger partial charge in [-0.15, -0.1) is 0 Å². The molecule has 13 heavy (non-hydrogen) atoms. The second kappa shape index (κ2) is 7.34. The lowest BCUT2D eigenvalue weighted by Gasteiger charge is -1.95. The molecule has 0 rings (SSSR count). The quantitative estimate of drug-likeness (QED) is 0.466. The normalized spacial score (nSPS) is 10.0. The second-order valence-corrected chi connectivity index (χ2v) is 2.49. The molecule has 0 fully saturated rings. The van der Waals surface area contributed by atoms with Crippen LogP contribution in [0, 0.1) is 6.08 Å². The zero-order chi connectivity index (χ0) is 10.1. The van der Waals surface area contributed by atoms with E-state index in [9.17, 15) is 9.59 Å². The maximum Gasteiger partial charge on any atom is 0.244 e. The molecule has 0 aromatic rings. The van der Waals surface area contributed by atoms with Crippen molar-refractivity contribution in [1.82, 2.24) is 10.6 Å². The lowest BCUT2D eigenvalue weighted by atomic mass is 10.2. The largest absolute Gasteiger partial charge is 0.359 e. The second-order valence-electron chi connectivity index (χ2n) is 2.49. The molecule has 0 aromatic heterocycles. The van der Waals surface area contributed by atoms with Crippen LogP contribution < -0.4 is 10.6 Å². The lowest BCUT2D eigenvalue weighted by Crippen LogP contribution is -2.16. The fraction of sp³-hybridized carbons (Fsp3) is 0.556. The maximum atomic E-state index is 10.7. The molecule has 0 saturated carbocycles. The molecule has 0 spiro atoms. The lowest BCUT2D eigenvalue weighted by molar-refractivity contribution is -0.120. The van der Waals surface area contributed by atoms with Crippen molar-refractivity contribution >= 4 is 11.8 Å². The van der Waals surface area contributed by atoms with Gasteiger partial charge in [0.25, 0.3) is 0 Å². The molecule has 0 aliphatic rings. The summed E-state index contributed by atoms with van der Waals surface area (Å²) in [6.07, 6.45) is 5.97. The van der Waals surface area contributed by atoms with Gasteiger partial charge in [0, 0.05) is 26.6 Å². The summed E-state index contributed by atoms with van der Waals surface area (Å²) < 4.78 is 0. The molecule has 0 unspecified atom stereocenters. The molecule has 0 atom stereocenters. The highest BCUT2D eigenvalue weighted by atomic mass is 16.2. The highest BCUT2D eigenvalue weighted by Gasteiger charge is 1.95. The van der Waals surface area contributed by atoms with Crippen molar-refractivity contribution in [3.8, 4) is 0 Å². The van der Waals surface area contributed by atoms with Crippen LogP contribution in [0.1, 0.15) is 19.3 Å². The molecular formula is C9H15N2O2. The van der Waals surface area contributed by atoms with Crippen LogP contribution in [0.4, 0.5) is 0 Å². The van der Waals surface area contributed by atoms with Gasteiger partial charge in [0.05, 0.1) is 0 Å². The number of hydrogen-bond acceptors (Lipinski definition) is 2. The van der Waals surface area contributed by atoms with E-state index in [1.807, 2.05) is 0 Å². The van der Waals surface area contributed by atoms with Crippen LogP contribution in [0.5, 0.6) is 0 Å². The van der Waals surface area contributed by atoms with Gasteiger partial charge in [-0.3, -0.25) is 9.59 Å². The molecule has 0 bridgehead atoms. The van der Waals surface area contributed by atoms with Gasteiger partial charge >= 0.3 is 0 Å². The van der Waals surface area contributed by atoms with Crippen molar-refractivity contribution in [3.63, 3.8) is 0 Å². The van der Waals surface area contributed by atoms with Crippen LogP contribution in [-0.4, -0.2) is 25.9 Å². The van der Waals surface area contributed by atoms with Crippen molar-refractivity contribution in [2.24, 2.45) is 0 Å². The smallest absolute Gasteiger partial charge is 0.244 e. The highest BCUT2D eigenvalue weighted by molar-refractivity contribution is 5.86. The van der Waals surface area contributed by atoms with Crippen LogP contribution in [0.25, 0.3) is 0 Å². The van der Waals surface area contributed by atoms with Crippen molar-refractivity contribution in [2.45, 2.75) is 19.3 Å². The van der Waals surface area contributed by atoms with Gasteiger partial charge in [-0.05, 0) is 18.9 Å². The predicted octanol–water partition coefficient (Wildman–Crippen LogP) is 0.00809. The molecule has 4 nitrogen and oxygen atoms in total. The summed E-state index contributed by atoms with van der Waals surface area (Å²) >= 11 is 0. The summed E-state index contributed by atoms with van der Waals surface area (Å²) in [6, 6.07) is 0. The Morgan fingerprint density at radius 2 is 2.00 bits per heavy atom. The Bertz CT molecular complexity index is 200. The molecule has 2 N–H and O–H groups in total. The van der Waals surface area contributed by atoms with E-state index >= 15 is 0 Å². The number of nitrogens with one attached hydrogen (secondary N) is 2. The summed E-state index contributed by atoms with van der Waals surface area (Å²) in [4.78, 5) is 21.4. The minimum absolute atomic E-state index is 0.0155. The zero-order valence-corrected chi connectivity index (χ0v) is 8.02. The average Bonchev–Trinajstić information content (AvgIpc) is 2.16. The van der Waals surface area contributed by atoms with E-state index in [1.54, 1.807) is 14.1 Å². The first-order valence-electron chi connectivity index (χ1n) is 4.19. The third kappa shape index (κ3) is 7.05. The topological polar surface area (TPSA) is 58.2 Å². The van der Waals surface area contributed by atoms with E-state index in [2.05, 4.69) is 16.7 Å². The summed E-state index contributed by atoms with van der Waals surface area (Å²) in [6.45, 7) is 0. The minimum atomic E-state index is -0.167. The number of unbranched alkanes of at least 4 members (excludes halogenated alkanes) is 1. The van der Waals surface area contributed by atoms with Gasteiger partial charge in [-0.1, -0.05) is 0 Å². The number of allylic oxidation sites excluding steroid dienone is 1. The molecule has 0 aliphatic heterocycles. The summed E-state index contributed by atoms with van der Waals surface area (Å²) in [5, 5.41) is 4.96. The van der Waals surface area contributed by atoms with Gasteiger partial charge in [0.1, 0.15) is 0 Å². The fourth-order valence-electron chi connectivity index (χ4n) is 0.713. The number of carbonyl (C=O) groups is 2.